The molecule has 22 heavy (non-hydrogen) atoms. The molecule has 0 fully saturated rings. The molecule has 2 rings (SSSR count). The second kappa shape index (κ2) is 6.55. The molecule has 0 spiro atoms. The number of hydrogen-bond donors (Lipinski definition) is 2. The summed E-state index contributed by atoms with van der Waals surface area (Å²) < 4.78 is 5.79. The van der Waals surface area contributed by atoms with E-state index >= 15 is 0 Å². The van der Waals surface area contributed by atoms with Crippen molar-refractivity contribution in [2.45, 2.75) is 44.4 Å². The van der Waals surface area contributed by atoms with Crippen molar-refractivity contribution in [3.63, 3.8) is 0 Å². The van der Waals surface area contributed by atoms with E-state index in [0.717, 1.165) is 0 Å². The summed E-state index contributed by atoms with van der Waals surface area (Å²) in [7, 11) is 0. The highest BCUT2D eigenvalue weighted by molar-refractivity contribution is 6.17. The van der Waals surface area contributed by atoms with Gasteiger partial charge in [-0.05, 0) is 38.5 Å². The van der Waals surface area contributed by atoms with Gasteiger partial charge in [-0.2, -0.15) is 5.26 Å². The van der Waals surface area contributed by atoms with Gasteiger partial charge in [0.25, 0.3) is 0 Å². The lowest BCUT2D eigenvalue weighted by atomic mass is 9.86. The maximum atomic E-state index is 12.0. The third-order valence-corrected chi connectivity index (χ3v) is 4.00. The Morgan fingerprint density at radius 1 is 1.55 bits per heavy atom. The summed E-state index contributed by atoms with van der Waals surface area (Å²) in [6.45, 7) is 3.52. The molecule has 0 saturated heterocycles. The summed E-state index contributed by atoms with van der Waals surface area (Å²) in [6, 6.07) is 6.42. The normalized spacial score (nSPS) is 22.1. The van der Waals surface area contributed by atoms with Crippen LogP contribution in [0.5, 0.6) is 5.75 Å². The van der Waals surface area contributed by atoms with Crippen LogP contribution in [0.15, 0.2) is 18.2 Å². The van der Waals surface area contributed by atoms with Gasteiger partial charge in [-0.25, -0.2) is 0 Å². The number of carbonyl (C=O) groups excluding carboxylic acids is 1. The third-order valence-electron chi connectivity index (χ3n) is 3.73. The lowest BCUT2D eigenvalue weighted by Crippen LogP contribution is -2.53. The largest absolute Gasteiger partial charge is 0.485 e. The molecule has 0 saturated carbocycles. The molecule has 0 unspecified atom stereocenters. The second-order valence-electron chi connectivity index (χ2n) is 5.85. The fraction of sp³-hybridized carbons (Fsp3) is 0.500. The van der Waals surface area contributed by atoms with E-state index in [1.807, 2.05) is 0 Å². The maximum Gasteiger partial charge on any atom is 0.220 e. The van der Waals surface area contributed by atoms with Crippen LogP contribution in [0.3, 0.4) is 0 Å². The van der Waals surface area contributed by atoms with E-state index in [2.05, 4.69) is 11.4 Å². The highest BCUT2D eigenvalue weighted by Crippen LogP contribution is 2.40. The Balaban J connectivity index is 2.34. The average Bonchev–Trinajstić information content (AvgIpc) is 2.49. The van der Waals surface area contributed by atoms with E-state index in [0.29, 0.717) is 35.6 Å². The molecular formula is C16H19ClN2O3. The van der Waals surface area contributed by atoms with Crippen molar-refractivity contribution in [1.29, 1.82) is 5.26 Å². The monoisotopic (exact) mass is 322 g/mol. The number of nitrogens with zero attached hydrogens (tertiary/aromatic N) is 1. The Hall–Kier alpha value is -1.77. The Labute approximate surface area is 134 Å². The van der Waals surface area contributed by atoms with Gasteiger partial charge in [0.1, 0.15) is 17.5 Å². The predicted octanol–water partition coefficient (Wildman–Crippen LogP) is 2.27. The summed E-state index contributed by atoms with van der Waals surface area (Å²) in [5, 5.41) is 22.4. The van der Waals surface area contributed by atoms with Crippen molar-refractivity contribution in [2.75, 3.05) is 5.88 Å². The predicted molar refractivity (Wildman–Crippen MR) is 82.7 cm³/mol. The quantitative estimate of drug-likeness (QED) is 0.833. The number of nitrogens with one attached hydrogen (secondary N) is 1. The number of ether oxygens (including phenoxy) is 1. The number of amides is 1. The van der Waals surface area contributed by atoms with Crippen molar-refractivity contribution < 1.29 is 14.6 Å². The van der Waals surface area contributed by atoms with Crippen LogP contribution in [0.1, 0.15) is 43.9 Å². The number of alkyl halides is 1. The fourth-order valence-electron chi connectivity index (χ4n) is 2.50. The van der Waals surface area contributed by atoms with E-state index in [1.54, 1.807) is 32.0 Å². The number of aliphatic hydroxyl groups is 1. The van der Waals surface area contributed by atoms with Crippen LogP contribution in [-0.2, 0) is 4.79 Å². The van der Waals surface area contributed by atoms with Gasteiger partial charge in [0, 0.05) is 17.9 Å². The number of hydrogen-bond acceptors (Lipinski definition) is 4. The van der Waals surface area contributed by atoms with Crippen LogP contribution in [0.4, 0.5) is 0 Å². The maximum absolute atomic E-state index is 12.0. The molecule has 1 amide bonds. The number of nitriles is 1. The van der Waals surface area contributed by atoms with E-state index < -0.39 is 17.7 Å². The van der Waals surface area contributed by atoms with Crippen molar-refractivity contribution in [1.82, 2.24) is 5.32 Å². The van der Waals surface area contributed by atoms with Crippen LogP contribution in [0.2, 0.25) is 0 Å². The van der Waals surface area contributed by atoms with Crippen LogP contribution in [0, 0.1) is 11.3 Å². The number of fused-ring (bicyclic) bond motifs is 1. The summed E-state index contributed by atoms with van der Waals surface area (Å²) in [6.07, 6.45) is -0.0588. The molecule has 0 aromatic heterocycles. The van der Waals surface area contributed by atoms with Gasteiger partial charge in [-0.15, -0.1) is 11.6 Å². The zero-order valence-electron chi connectivity index (χ0n) is 12.6. The molecule has 118 valence electrons. The van der Waals surface area contributed by atoms with Gasteiger partial charge >= 0.3 is 0 Å². The molecule has 0 radical (unpaired) electrons. The number of aliphatic hydroxyl groups excluding tert-OH is 1. The molecule has 1 aliphatic rings. The van der Waals surface area contributed by atoms with Gasteiger partial charge in [0.15, 0.2) is 0 Å². The zero-order chi connectivity index (χ0) is 16.3. The first kappa shape index (κ1) is 16.6. The molecule has 6 heteroatoms. The SMILES string of the molecule is CC1(C)Oc2ccc(C#N)cc2[C@@H](NC(=O)CCCCl)[C@@H]1O. The fourth-order valence-corrected chi connectivity index (χ4v) is 2.63. The number of benzene rings is 1. The Kier molecular flexibility index (Phi) is 4.94. The average molecular weight is 323 g/mol. The molecule has 5 nitrogen and oxygen atoms in total. The van der Waals surface area contributed by atoms with Gasteiger partial charge in [0.05, 0.1) is 17.7 Å². The highest BCUT2D eigenvalue weighted by Gasteiger charge is 2.43. The zero-order valence-corrected chi connectivity index (χ0v) is 13.4. The van der Waals surface area contributed by atoms with Gasteiger partial charge < -0.3 is 15.2 Å². The molecule has 2 N–H and O–H groups in total. The molecule has 2 atom stereocenters. The topological polar surface area (TPSA) is 82.3 Å². The van der Waals surface area contributed by atoms with Crippen LogP contribution >= 0.6 is 11.6 Å². The van der Waals surface area contributed by atoms with E-state index in [-0.39, 0.29) is 5.91 Å². The standard InChI is InChI=1S/C16H19ClN2O3/c1-16(2)15(21)14(19-13(20)4-3-7-17)11-8-10(9-18)5-6-12(11)22-16/h5-6,8,14-15,21H,3-4,7H2,1-2H3,(H,19,20)/t14-,15+/m1/s1. The molecule has 1 aromatic rings. The van der Waals surface area contributed by atoms with Crippen molar-refractivity contribution in [3.05, 3.63) is 29.3 Å². The van der Waals surface area contributed by atoms with E-state index in [1.165, 1.54) is 0 Å². The van der Waals surface area contributed by atoms with E-state index in [9.17, 15) is 9.90 Å². The van der Waals surface area contributed by atoms with Crippen LogP contribution in [0.25, 0.3) is 0 Å². The molecule has 1 aliphatic heterocycles. The number of rotatable bonds is 4. The summed E-state index contributed by atoms with van der Waals surface area (Å²) in [5.41, 5.74) is 0.227. The molecule has 1 heterocycles. The minimum absolute atomic E-state index is 0.185. The van der Waals surface area contributed by atoms with Crippen molar-refractivity contribution >= 4 is 17.5 Å². The van der Waals surface area contributed by atoms with Crippen molar-refractivity contribution in [3.8, 4) is 11.8 Å². The summed E-state index contributed by atoms with van der Waals surface area (Å²) in [4.78, 5) is 12.0. The van der Waals surface area contributed by atoms with E-state index in [4.69, 9.17) is 21.6 Å². The smallest absolute Gasteiger partial charge is 0.220 e. The summed E-state index contributed by atoms with van der Waals surface area (Å²) in [5.74, 6) is 0.789. The lowest BCUT2D eigenvalue weighted by molar-refractivity contribution is -0.125. The van der Waals surface area contributed by atoms with Gasteiger partial charge in [0.2, 0.25) is 5.91 Å². The first-order valence-electron chi connectivity index (χ1n) is 7.15. The van der Waals surface area contributed by atoms with Crippen LogP contribution in [-0.4, -0.2) is 28.6 Å². The molecule has 0 bridgehead atoms. The highest BCUT2D eigenvalue weighted by atomic mass is 35.5. The number of halogens is 1. The van der Waals surface area contributed by atoms with Gasteiger partial charge in [-0.1, -0.05) is 0 Å². The second-order valence-corrected chi connectivity index (χ2v) is 6.23. The Morgan fingerprint density at radius 3 is 2.91 bits per heavy atom. The summed E-state index contributed by atoms with van der Waals surface area (Å²) >= 11 is 5.60. The first-order chi connectivity index (χ1) is 10.4. The Morgan fingerprint density at radius 2 is 2.27 bits per heavy atom. The Bertz CT molecular complexity index is 610. The molecule has 0 aliphatic carbocycles. The first-order valence-corrected chi connectivity index (χ1v) is 7.69. The molecular weight excluding hydrogens is 304 g/mol. The van der Waals surface area contributed by atoms with Crippen molar-refractivity contribution in [2.24, 2.45) is 0 Å². The molecule has 1 aromatic carbocycles. The minimum Gasteiger partial charge on any atom is -0.485 e. The van der Waals surface area contributed by atoms with Gasteiger partial charge in [-0.3, -0.25) is 4.79 Å². The third kappa shape index (κ3) is 3.34. The minimum atomic E-state index is -0.922. The number of carbonyl (C=O) groups is 1. The lowest BCUT2D eigenvalue weighted by Gasteiger charge is -2.42. The van der Waals surface area contributed by atoms with Crippen LogP contribution < -0.4 is 10.1 Å².